The second-order valence-electron chi connectivity index (χ2n) is 4.92. The van der Waals surface area contributed by atoms with E-state index in [1.54, 1.807) is 18.1 Å². The third-order valence-electron chi connectivity index (χ3n) is 3.41. The van der Waals surface area contributed by atoms with Crippen LogP contribution in [0, 0.1) is 0 Å². The highest BCUT2D eigenvalue weighted by Crippen LogP contribution is 2.25. The molecule has 0 heterocycles. The minimum absolute atomic E-state index is 0.0878. The van der Waals surface area contributed by atoms with E-state index in [0.717, 1.165) is 5.56 Å². The van der Waals surface area contributed by atoms with Crippen molar-refractivity contribution >= 4 is 6.03 Å². The summed E-state index contributed by atoms with van der Waals surface area (Å²) in [5.74, 6) is 1.24. The van der Waals surface area contributed by atoms with Crippen LogP contribution in [-0.4, -0.2) is 31.3 Å². The van der Waals surface area contributed by atoms with E-state index >= 15 is 0 Å². The molecule has 0 atom stereocenters. The molecule has 0 aliphatic carbocycles. The first-order valence-electron chi connectivity index (χ1n) is 7.57. The lowest BCUT2D eigenvalue weighted by Gasteiger charge is -2.21. The molecular formula is C18H22N2O3. The Kier molecular flexibility index (Phi) is 6.29. The van der Waals surface area contributed by atoms with Crippen molar-refractivity contribution in [3.8, 4) is 11.5 Å². The lowest BCUT2D eigenvalue weighted by molar-refractivity contribution is 0.183. The average Bonchev–Trinajstić information content (AvgIpc) is 2.60. The van der Waals surface area contributed by atoms with Gasteiger partial charge in [0.1, 0.15) is 0 Å². The summed E-state index contributed by atoms with van der Waals surface area (Å²) in [6.45, 7) is 3.22. The van der Waals surface area contributed by atoms with Gasteiger partial charge in [0.2, 0.25) is 0 Å². The minimum Gasteiger partial charge on any atom is -0.493 e. The second-order valence-corrected chi connectivity index (χ2v) is 4.92. The van der Waals surface area contributed by atoms with Crippen LogP contribution in [0.4, 0.5) is 4.79 Å². The highest BCUT2D eigenvalue weighted by Gasteiger charge is 2.12. The Morgan fingerprint density at radius 3 is 2.35 bits per heavy atom. The highest BCUT2D eigenvalue weighted by molar-refractivity contribution is 5.74. The smallest absolute Gasteiger partial charge is 0.320 e. The van der Waals surface area contributed by atoms with Gasteiger partial charge in [-0.25, -0.2) is 4.79 Å². The van der Waals surface area contributed by atoms with Crippen molar-refractivity contribution in [1.82, 2.24) is 10.2 Å². The quantitative estimate of drug-likeness (QED) is 0.798. The number of ether oxygens (including phenoxy) is 2. The number of amides is 2. The molecule has 2 aromatic rings. The van der Waals surface area contributed by atoms with E-state index in [-0.39, 0.29) is 12.8 Å². The predicted molar refractivity (Wildman–Crippen MR) is 89.5 cm³/mol. The molecule has 0 saturated heterocycles. The summed E-state index contributed by atoms with van der Waals surface area (Å²) in [4.78, 5) is 14.0. The second kappa shape index (κ2) is 8.68. The number of para-hydroxylation sites is 2. The molecule has 2 amide bonds. The summed E-state index contributed by atoms with van der Waals surface area (Å²) in [6.07, 6.45) is 0. The van der Waals surface area contributed by atoms with E-state index in [1.165, 1.54) is 0 Å². The standard InChI is InChI=1S/C18H22N2O3/c1-3-20(13-15-9-5-4-6-10-15)18(21)19-14-23-17-12-8-7-11-16(17)22-2/h4-12H,3,13-14H2,1-2H3,(H,19,21). The van der Waals surface area contributed by atoms with Gasteiger partial charge in [-0.05, 0) is 24.6 Å². The lowest BCUT2D eigenvalue weighted by Crippen LogP contribution is -2.41. The number of benzene rings is 2. The molecule has 0 radical (unpaired) electrons. The number of rotatable bonds is 7. The third-order valence-corrected chi connectivity index (χ3v) is 3.41. The predicted octanol–water partition coefficient (Wildman–Crippen LogP) is 3.26. The number of carbonyl (C=O) groups is 1. The summed E-state index contributed by atoms with van der Waals surface area (Å²) in [6, 6.07) is 17.1. The summed E-state index contributed by atoms with van der Waals surface area (Å²) in [7, 11) is 1.58. The molecule has 0 spiro atoms. The number of urea groups is 1. The molecule has 2 aromatic carbocycles. The van der Waals surface area contributed by atoms with E-state index in [1.807, 2.05) is 55.5 Å². The molecule has 1 N–H and O–H groups in total. The Labute approximate surface area is 136 Å². The largest absolute Gasteiger partial charge is 0.493 e. The fourth-order valence-electron chi connectivity index (χ4n) is 2.16. The van der Waals surface area contributed by atoms with Gasteiger partial charge >= 0.3 is 6.03 Å². The zero-order chi connectivity index (χ0) is 16.5. The monoisotopic (exact) mass is 314 g/mol. The first kappa shape index (κ1) is 16.7. The SMILES string of the molecule is CCN(Cc1ccccc1)C(=O)NCOc1ccccc1OC. The molecule has 23 heavy (non-hydrogen) atoms. The van der Waals surface area contributed by atoms with Crippen LogP contribution in [0.25, 0.3) is 0 Å². The van der Waals surface area contributed by atoms with Gasteiger partial charge < -0.3 is 19.7 Å². The number of hydrogen-bond acceptors (Lipinski definition) is 3. The Hall–Kier alpha value is -2.69. The fourth-order valence-corrected chi connectivity index (χ4v) is 2.16. The number of nitrogens with one attached hydrogen (secondary N) is 1. The molecule has 0 saturated carbocycles. The molecule has 0 aromatic heterocycles. The van der Waals surface area contributed by atoms with E-state index in [2.05, 4.69) is 5.32 Å². The molecular weight excluding hydrogens is 292 g/mol. The topological polar surface area (TPSA) is 50.8 Å². The average molecular weight is 314 g/mol. The van der Waals surface area contributed by atoms with Gasteiger partial charge in [-0.15, -0.1) is 0 Å². The van der Waals surface area contributed by atoms with Gasteiger partial charge in [0.15, 0.2) is 18.2 Å². The summed E-state index contributed by atoms with van der Waals surface area (Å²) in [5, 5.41) is 2.76. The zero-order valence-electron chi connectivity index (χ0n) is 13.5. The van der Waals surface area contributed by atoms with E-state index in [4.69, 9.17) is 9.47 Å². The number of nitrogens with zero attached hydrogens (tertiary/aromatic N) is 1. The maximum atomic E-state index is 12.2. The van der Waals surface area contributed by atoms with Crippen molar-refractivity contribution in [2.24, 2.45) is 0 Å². The van der Waals surface area contributed by atoms with Crippen LogP contribution in [0.5, 0.6) is 11.5 Å². The van der Waals surface area contributed by atoms with Gasteiger partial charge in [-0.3, -0.25) is 0 Å². The fraction of sp³-hybridized carbons (Fsp3) is 0.278. The molecule has 0 fully saturated rings. The van der Waals surface area contributed by atoms with Gasteiger partial charge in [-0.2, -0.15) is 0 Å². The van der Waals surface area contributed by atoms with Gasteiger partial charge in [0.05, 0.1) is 7.11 Å². The highest BCUT2D eigenvalue weighted by atomic mass is 16.5. The van der Waals surface area contributed by atoms with Gasteiger partial charge in [0, 0.05) is 13.1 Å². The maximum Gasteiger partial charge on any atom is 0.320 e. The molecule has 0 unspecified atom stereocenters. The Morgan fingerprint density at radius 1 is 1.04 bits per heavy atom. The maximum absolute atomic E-state index is 12.2. The Bertz CT molecular complexity index is 617. The number of methoxy groups -OCH3 is 1. The van der Waals surface area contributed by atoms with E-state index < -0.39 is 0 Å². The molecule has 0 aliphatic rings. The van der Waals surface area contributed by atoms with Crippen LogP contribution in [0.3, 0.4) is 0 Å². The van der Waals surface area contributed by atoms with Crippen molar-refractivity contribution < 1.29 is 14.3 Å². The van der Waals surface area contributed by atoms with Crippen molar-refractivity contribution in [1.29, 1.82) is 0 Å². The van der Waals surface area contributed by atoms with Crippen molar-refractivity contribution in [3.63, 3.8) is 0 Å². The van der Waals surface area contributed by atoms with Crippen LogP contribution in [0.1, 0.15) is 12.5 Å². The van der Waals surface area contributed by atoms with Crippen LogP contribution in [0.15, 0.2) is 54.6 Å². The number of carbonyl (C=O) groups excluding carboxylic acids is 1. The number of hydrogen-bond donors (Lipinski definition) is 1. The molecule has 5 heteroatoms. The Morgan fingerprint density at radius 2 is 1.70 bits per heavy atom. The minimum atomic E-state index is -0.161. The first-order valence-corrected chi connectivity index (χ1v) is 7.57. The summed E-state index contributed by atoms with van der Waals surface area (Å²) in [5.41, 5.74) is 1.09. The van der Waals surface area contributed by atoms with E-state index in [9.17, 15) is 4.79 Å². The Balaban J connectivity index is 1.85. The van der Waals surface area contributed by atoms with Gasteiger partial charge in [-0.1, -0.05) is 42.5 Å². The van der Waals surface area contributed by atoms with Crippen molar-refractivity contribution in [2.75, 3.05) is 20.4 Å². The van der Waals surface area contributed by atoms with Crippen LogP contribution in [0.2, 0.25) is 0 Å². The lowest BCUT2D eigenvalue weighted by atomic mass is 10.2. The summed E-state index contributed by atoms with van der Waals surface area (Å²) < 4.78 is 10.8. The van der Waals surface area contributed by atoms with Crippen molar-refractivity contribution in [2.45, 2.75) is 13.5 Å². The zero-order valence-corrected chi connectivity index (χ0v) is 13.5. The summed E-state index contributed by atoms with van der Waals surface area (Å²) >= 11 is 0. The molecule has 122 valence electrons. The van der Waals surface area contributed by atoms with Crippen LogP contribution in [-0.2, 0) is 6.54 Å². The first-order chi connectivity index (χ1) is 11.2. The van der Waals surface area contributed by atoms with E-state index in [0.29, 0.717) is 24.6 Å². The molecule has 0 aliphatic heterocycles. The normalized spacial score (nSPS) is 10.0. The van der Waals surface area contributed by atoms with Gasteiger partial charge in [0.25, 0.3) is 0 Å². The molecule has 5 nitrogen and oxygen atoms in total. The molecule has 0 bridgehead atoms. The molecule has 2 rings (SSSR count). The third kappa shape index (κ3) is 4.92. The van der Waals surface area contributed by atoms with Crippen molar-refractivity contribution in [3.05, 3.63) is 60.2 Å². The van der Waals surface area contributed by atoms with Crippen LogP contribution < -0.4 is 14.8 Å². The van der Waals surface area contributed by atoms with Crippen LogP contribution >= 0.6 is 0 Å².